The molecule has 0 spiro atoms. The third kappa shape index (κ3) is 3.74. The van der Waals surface area contributed by atoms with E-state index >= 15 is 0 Å². The van der Waals surface area contributed by atoms with Crippen LogP contribution in [0.25, 0.3) is 11.3 Å². The lowest BCUT2D eigenvalue weighted by Gasteiger charge is -2.10. The maximum absolute atomic E-state index is 12.5. The summed E-state index contributed by atoms with van der Waals surface area (Å²) >= 11 is 6.14. The number of carboxylic acids is 1. The molecule has 0 saturated carbocycles. The molecule has 2 N–H and O–H groups in total. The molecule has 134 valence electrons. The molecule has 3 rings (SSSR count). The van der Waals surface area contributed by atoms with Crippen LogP contribution in [-0.2, 0) is 10.0 Å². The van der Waals surface area contributed by atoms with Gasteiger partial charge in [-0.15, -0.1) is 0 Å². The summed E-state index contributed by atoms with van der Waals surface area (Å²) < 4.78 is 32.7. The van der Waals surface area contributed by atoms with Gasteiger partial charge >= 0.3 is 5.97 Å². The van der Waals surface area contributed by atoms with Crippen molar-refractivity contribution in [2.24, 2.45) is 0 Å². The van der Waals surface area contributed by atoms with Gasteiger partial charge in [0.1, 0.15) is 5.76 Å². The van der Waals surface area contributed by atoms with Gasteiger partial charge < -0.3 is 9.52 Å². The molecule has 0 aliphatic heterocycles. The summed E-state index contributed by atoms with van der Waals surface area (Å²) in [6.07, 6.45) is 0. The summed E-state index contributed by atoms with van der Waals surface area (Å²) in [6.45, 7) is 1.87. The number of halogens is 1. The molecule has 0 amide bonds. The van der Waals surface area contributed by atoms with Gasteiger partial charge in [-0.25, -0.2) is 13.2 Å². The predicted octanol–water partition coefficient (Wildman–Crippen LogP) is 4.41. The molecule has 0 bridgehead atoms. The normalized spacial score (nSPS) is 11.3. The Morgan fingerprint density at radius 2 is 1.77 bits per heavy atom. The predicted molar refractivity (Wildman–Crippen MR) is 98.1 cm³/mol. The highest BCUT2D eigenvalue weighted by Gasteiger charge is 2.17. The Kier molecular flexibility index (Phi) is 4.76. The van der Waals surface area contributed by atoms with Crippen LogP contribution in [0.3, 0.4) is 0 Å². The van der Waals surface area contributed by atoms with E-state index in [1.54, 1.807) is 12.1 Å². The molecule has 2 aromatic carbocycles. The lowest BCUT2D eigenvalue weighted by atomic mass is 10.1. The van der Waals surface area contributed by atoms with Crippen LogP contribution in [0.4, 0.5) is 5.69 Å². The van der Waals surface area contributed by atoms with Crippen molar-refractivity contribution in [2.45, 2.75) is 11.8 Å². The minimum Gasteiger partial charge on any atom is -0.475 e. The van der Waals surface area contributed by atoms with Crippen molar-refractivity contribution in [3.05, 3.63) is 70.9 Å². The number of aromatic carboxylic acids is 1. The lowest BCUT2D eigenvalue weighted by molar-refractivity contribution is 0.0663. The first-order valence-electron chi connectivity index (χ1n) is 7.49. The number of sulfonamides is 1. The Morgan fingerprint density at radius 3 is 2.38 bits per heavy atom. The minimum absolute atomic E-state index is 0.130. The van der Waals surface area contributed by atoms with E-state index in [-0.39, 0.29) is 22.1 Å². The molecule has 0 atom stereocenters. The van der Waals surface area contributed by atoms with E-state index in [9.17, 15) is 13.2 Å². The van der Waals surface area contributed by atoms with Crippen molar-refractivity contribution in [1.29, 1.82) is 0 Å². The summed E-state index contributed by atoms with van der Waals surface area (Å²) in [5.74, 6) is -1.21. The molecule has 0 fully saturated rings. The van der Waals surface area contributed by atoms with Crippen molar-refractivity contribution in [3.63, 3.8) is 0 Å². The Hall–Kier alpha value is -2.77. The zero-order valence-corrected chi connectivity index (χ0v) is 15.1. The summed E-state index contributed by atoms with van der Waals surface area (Å²) in [7, 11) is -3.77. The van der Waals surface area contributed by atoms with Gasteiger partial charge in [-0.2, -0.15) is 0 Å². The van der Waals surface area contributed by atoms with E-state index in [2.05, 4.69) is 4.72 Å². The van der Waals surface area contributed by atoms with Crippen LogP contribution in [0.15, 0.2) is 63.9 Å². The Balaban J connectivity index is 1.94. The Morgan fingerprint density at radius 1 is 1.08 bits per heavy atom. The number of furan rings is 1. The van der Waals surface area contributed by atoms with Gasteiger partial charge in [-0.3, -0.25) is 4.72 Å². The fraction of sp³-hybridized carbons (Fsp3) is 0.0556. The molecule has 0 aliphatic rings. The quantitative estimate of drug-likeness (QED) is 0.671. The van der Waals surface area contributed by atoms with Crippen LogP contribution in [0, 0.1) is 6.92 Å². The van der Waals surface area contributed by atoms with Gasteiger partial charge in [0.05, 0.1) is 9.92 Å². The van der Waals surface area contributed by atoms with Gasteiger partial charge in [-0.1, -0.05) is 29.3 Å². The Bertz CT molecular complexity index is 1070. The molecule has 26 heavy (non-hydrogen) atoms. The number of aryl methyl sites for hydroxylation is 1. The molecule has 0 saturated heterocycles. The van der Waals surface area contributed by atoms with Crippen molar-refractivity contribution in [3.8, 4) is 11.3 Å². The molecule has 1 aromatic heterocycles. The molecule has 0 unspecified atom stereocenters. The van der Waals surface area contributed by atoms with Crippen molar-refractivity contribution >= 4 is 33.3 Å². The summed E-state index contributed by atoms with van der Waals surface area (Å²) in [4.78, 5) is 11.1. The monoisotopic (exact) mass is 391 g/mol. The highest BCUT2D eigenvalue weighted by Crippen LogP contribution is 2.32. The maximum atomic E-state index is 12.5. The average Bonchev–Trinajstić information content (AvgIpc) is 3.07. The molecular formula is C18H14ClNO5S. The second-order valence-electron chi connectivity index (χ2n) is 5.58. The largest absolute Gasteiger partial charge is 0.475 e. The highest BCUT2D eigenvalue weighted by atomic mass is 35.5. The van der Waals surface area contributed by atoms with Crippen molar-refractivity contribution in [2.75, 3.05) is 4.72 Å². The van der Waals surface area contributed by atoms with Crippen LogP contribution < -0.4 is 4.72 Å². The number of nitrogens with one attached hydrogen (secondary N) is 1. The second-order valence-corrected chi connectivity index (χ2v) is 7.67. The minimum atomic E-state index is -3.77. The molecule has 3 aromatic rings. The molecular weight excluding hydrogens is 378 g/mol. The van der Waals surface area contributed by atoms with Gasteiger partial charge in [0.2, 0.25) is 5.76 Å². The van der Waals surface area contributed by atoms with Crippen molar-refractivity contribution < 1.29 is 22.7 Å². The summed E-state index contributed by atoms with van der Waals surface area (Å²) in [5.41, 5.74) is 1.60. The van der Waals surface area contributed by atoms with Crippen molar-refractivity contribution in [1.82, 2.24) is 0 Å². The first-order valence-corrected chi connectivity index (χ1v) is 9.35. The fourth-order valence-corrected chi connectivity index (χ4v) is 3.57. The highest BCUT2D eigenvalue weighted by molar-refractivity contribution is 7.92. The standard InChI is InChI=1S/C18H14ClNO5S/c1-11-2-5-13(6-3-11)26(23,24)20-12-4-7-15(19)14(10-12)16-8-9-17(25-16)18(21)22/h2-10,20H,1H3,(H,21,22). The van der Waals surface area contributed by atoms with Crippen LogP contribution >= 0.6 is 11.6 Å². The first kappa shape index (κ1) is 18.0. The fourth-order valence-electron chi connectivity index (χ4n) is 2.31. The number of anilines is 1. The van der Waals surface area contributed by atoms with Gasteiger partial charge in [0, 0.05) is 11.3 Å². The molecule has 8 heteroatoms. The summed E-state index contributed by atoms with van der Waals surface area (Å²) in [6, 6.07) is 13.7. The van der Waals surface area contributed by atoms with Crippen LogP contribution in [0.1, 0.15) is 16.1 Å². The summed E-state index contributed by atoms with van der Waals surface area (Å²) in [5, 5.41) is 9.25. The number of carbonyl (C=O) groups is 1. The second kappa shape index (κ2) is 6.86. The third-order valence-electron chi connectivity index (χ3n) is 3.63. The smallest absolute Gasteiger partial charge is 0.371 e. The van der Waals surface area contributed by atoms with Gasteiger partial charge in [0.25, 0.3) is 10.0 Å². The number of carboxylic acid groups (broad SMARTS) is 1. The number of benzene rings is 2. The van der Waals surface area contributed by atoms with E-state index < -0.39 is 16.0 Å². The van der Waals surface area contributed by atoms with Crippen LogP contribution in [0.5, 0.6) is 0 Å². The van der Waals surface area contributed by atoms with Gasteiger partial charge in [-0.05, 0) is 49.4 Å². The molecule has 1 heterocycles. The molecule has 0 radical (unpaired) electrons. The van der Waals surface area contributed by atoms with Crippen LogP contribution in [0.2, 0.25) is 5.02 Å². The SMILES string of the molecule is Cc1ccc(S(=O)(=O)Nc2ccc(Cl)c(-c3ccc(C(=O)O)o3)c2)cc1. The number of hydrogen-bond donors (Lipinski definition) is 2. The van der Waals surface area contributed by atoms with Crippen LogP contribution in [-0.4, -0.2) is 19.5 Å². The lowest BCUT2D eigenvalue weighted by Crippen LogP contribution is -2.12. The number of rotatable bonds is 5. The van der Waals surface area contributed by atoms with E-state index in [4.69, 9.17) is 21.1 Å². The van der Waals surface area contributed by atoms with E-state index in [1.807, 2.05) is 6.92 Å². The van der Waals surface area contributed by atoms with E-state index in [0.717, 1.165) is 5.56 Å². The van der Waals surface area contributed by atoms with Gasteiger partial charge in [0.15, 0.2) is 0 Å². The third-order valence-corrected chi connectivity index (χ3v) is 5.36. The average molecular weight is 392 g/mol. The maximum Gasteiger partial charge on any atom is 0.371 e. The topological polar surface area (TPSA) is 96.6 Å². The van der Waals surface area contributed by atoms with E-state index in [1.165, 1.54) is 42.5 Å². The van der Waals surface area contributed by atoms with E-state index in [0.29, 0.717) is 10.6 Å². The molecule has 6 nitrogen and oxygen atoms in total. The molecule has 0 aliphatic carbocycles. The Labute approximate surface area is 155 Å². The zero-order valence-electron chi connectivity index (χ0n) is 13.6. The zero-order chi connectivity index (χ0) is 18.9. The number of hydrogen-bond acceptors (Lipinski definition) is 4. The first-order chi connectivity index (χ1) is 12.3.